The largest absolute Gasteiger partial charge is 0.416 e. The van der Waals surface area contributed by atoms with Crippen LogP contribution >= 0.6 is 11.5 Å². The Hall–Kier alpha value is -2.79. The van der Waals surface area contributed by atoms with Crippen molar-refractivity contribution in [1.82, 2.24) is 0 Å². The fourth-order valence-corrected chi connectivity index (χ4v) is 3.99. The number of benzene rings is 3. The molecular formula is C22H15ClF3NO4S. The summed E-state index contributed by atoms with van der Waals surface area (Å²) in [5.41, 5.74) is 3.25. The summed E-state index contributed by atoms with van der Waals surface area (Å²) < 4.78 is 74.4. The van der Waals surface area contributed by atoms with Crippen LogP contribution in [0.3, 0.4) is 0 Å². The van der Waals surface area contributed by atoms with Crippen molar-refractivity contribution in [2.45, 2.75) is 6.18 Å². The van der Waals surface area contributed by atoms with Gasteiger partial charge in [-0.1, -0.05) is 60.7 Å². The maximum absolute atomic E-state index is 12.8. The van der Waals surface area contributed by atoms with Gasteiger partial charge >= 0.3 is 6.18 Å². The number of nitrogens with zero attached hydrogens (tertiary/aromatic N) is 1. The van der Waals surface area contributed by atoms with Gasteiger partial charge in [0.05, 0.1) is 11.1 Å². The van der Waals surface area contributed by atoms with Crippen LogP contribution in [-0.2, 0) is 6.18 Å². The Bertz CT molecular complexity index is 1080. The number of hydrogen-bond acceptors (Lipinski definition) is 5. The standard InChI is InChI=1S/C22H15F3NS.ClHO4/c23-22(24,25)18-11-13-19(14-12-18)26-15-20(16-7-3-1-4-8-16)21(27-26)17-9-5-2-6-10-17;2-1(3,4)5/h1-15H;(H,2,3,4,5)/q+1;/p-1. The molecule has 0 aliphatic carbocycles. The van der Waals surface area contributed by atoms with Gasteiger partial charge < -0.3 is 0 Å². The quantitative estimate of drug-likeness (QED) is 0.415. The second-order valence-corrected chi connectivity index (χ2v) is 8.18. The number of alkyl halides is 3. The van der Waals surface area contributed by atoms with Gasteiger partial charge in [0.15, 0.2) is 6.20 Å². The van der Waals surface area contributed by atoms with Crippen LogP contribution < -0.4 is 22.6 Å². The Morgan fingerprint density at radius 1 is 0.688 bits per heavy atom. The molecule has 166 valence electrons. The van der Waals surface area contributed by atoms with Gasteiger partial charge in [-0.05, 0) is 23.3 Å². The van der Waals surface area contributed by atoms with Crippen LogP contribution in [0.2, 0.25) is 0 Å². The first-order valence-electron chi connectivity index (χ1n) is 8.98. The predicted molar refractivity (Wildman–Crippen MR) is 102 cm³/mol. The van der Waals surface area contributed by atoms with E-state index in [4.69, 9.17) is 18.6 Å². The van der Waals surface area contributed by atoms with Gasteiger partial charge in [-0.15, -0.1) is 14.2 Å². The smallest absolute Gasteiger partial charge is 0.222 e. The summed E-state index contributed by atoms with van der Waals surface area (Å²) in [5, 5.41) is 0. The molecule has 0 saturated heterocycles. The first kappa shape index (κ1) is 23.9. The van der Waals surface area contributed by atoms with E-state index in [1.54, 1.807) is 0 Å². The third-order valence-electron chi connectivity index (χ3n) is 4.25. The van der Waals surface area contributed by atoms with Crippen molar-refractivity contribution in [2.75, 3.05) is 0 Å². The van der Waals surface area contributed by atoms with E-state index in [0.29, 0.717) is 5.69 Å². The van der Waals surface area contributed by atoms with Gasteiger partial charge in [0, 0.05) is 12.1 Å². The molecular weight excluding hydrogens is 467 g/mol. The Balaban J connectivity index is 0.000000523. The number of hydrogen-bond donors (Lipinski definition) is 0. The lowest BCUT2D eigenvalue weighted by Gasteiger charge is -2.17. The van der Waals surface area contributed by atoms with Crippen molar-refractivity contribution >= 4 is 11.5 Å². The average Bonchev–Trinajstić information content (AvgIpc) is 3.19. The molecule has 32 heavy (non-hydrogen) atoms. The zero-order valence-corrected chi connectivity index (χ0v) is 17.7. The second kappa shape index (κ2) is 9.78. The molecule has 0 amide bonds. The highest BCUT2D eigenvalue weighted by Crippen LogP contribution is 2.35. The molecule has 0 aliphatic rings. The maximum atomic E-state index is 12.8. The topological polar surface area (TPSA) is 96.1 Å². The van der Waals surface area contributed by atoms with Crippen LogP contribution in [0, 0.1) is 10.2 Å². The van der Waals surface area contributed by atoms with Crippen LogP contribution in [0.4, 0.5) is 13.2 Å². The summed E-state index contributed by atoms with van der Waals surface area (Å²) in [6.45, 7) is 0. The molecule has 4 aromatic rings. The molecule has 0 saturated carbocycles. The molecule has 10 heteroatoms. The summed E-state index contributed by atoms with van der Waals surface area (Å²) in [6, 6.07) is 25.2. The molecule has 0 aliphatic heterocycles. The van der Waals surface area contributed by atoms with E-state index >= 15 is 0 Å². The van der Waals surface area contributed by atoms with Crippen molar-refractivity contribution in [3.05, 3.63) is 96.7 Å². The number of rotatable bonds is 3. The SMILES string of the molecule is FC(F)(F)c1ccc(-[n+]2cc(-c3ccccc3)c(-c3ccccc3)s2)cc1.[O-][Cl+3]([O-])([O-])[O-]. The molecule has 0 spiro atoms. The van der Waals surface area contributed by atoms with Crippen LogP contribution in [0.5, 0.6) is 0 Å². The fourth-order valence-electron chi connectivity index (χ4n) is 2.90. The van der Waals surface area contributed by atoms with Crippen molar-refractivity contribution in [1.29, 1.82) is 0 Å². The lowest BCUT2D eigenvalue weighted by Crippen LogP contribution is -2.68. The first-order valence-corrected chi connectivity index (χ1v) is 11.0. The van der Waals surface area contributed by atoms with Gasteiger partial charge in [-0.3, -0.25) is 0 Å². The van der Waals surface area contributed by atoms with E-state index in [1.165, 1.54) is 23.7 Å². The molecule has 0 N–H and O–H groups in total. The monoisotopic (exact) mass is 481 g/mol. The molecule has 0 fully saturated rings. The van der Waals surface area contributed by atoms with Crippen molar-refractivity contribution in [2.24, 2.45) is 0 Å². The second-order valence-electron chi connectivity index (χ2n) is 6.44. The molecule has 1 heterocycles. The van der Waals surface area contributed by atoms with Gasteiger partial charge in [-0.25, -0.2) is 18.6 Å². The Labute approximate surface area is 187 Å². The minimum Gasteiger partial charge on any atom is -0.222 e. The van der Waals surface area contributed by atoms with E-state index in [0.717, 1.165) is 33.7 Å². The van der Waals surface area contributed by atoms with Crippen LogP contribution in [0.1, 0.15) is 5.56 Å². The number of aromatic nitrogens is 1. The average molecular weight is 482 g/mol. The fraction of sp³-hybridized carbons (Fsp3) is 0.0455. The Kier molecular flexibility index (Phi) is 7.29. The highest BCUT2D eigenvalue weighted by Gasteiger charge is 2.31. The van der Waals surface area contributed by atoms with E-state index < -0.39 is 22.0 Å². The summed E-state index contributed by atoms with van der Waals surface area (Å²) in [4.78, 5) is 1.07. The Morgan fingerprint density at radius 2 is 1.16 bits per heavy atom. The molecule has 4 rings (SSSR count). The molecule has 0 unspecified atom stereocenters. The minimum absolute atomic E-state index is 0.644. The van der Waals surface area contributed by atoms with Crippen molar-refractivity contribution in [3.63, 3.8) is 0 Å². The van der Waals surface area contributed by atoms with E-state index in [1.807, 2.05) is 70.8 Å². The third-order valence-corrected chi connectivity index (χ3v) is 5.40. The predicted octanol–water partition coefficient (Wildman–Crippen LogP) is 1.62. The van der Waals surface area contributed by atoms with Crippen LogP contribution in [0.15, 0.2) is 91.1 Å². The molecule has 0 radical (unpaired) electrons. The maximum Gasteiger partial charge on any atom is 0.416 e. The summed E-state index contributed by atoms with van der Waals surface area (Å²) >= 11 is 1.51. The van der Waals surface area contributed by atoms with Crippen molar-refractivity contribution in [3.8, 4) is 27.3 Å². The minimum atomic E-state index is -4.94. The van der Waals surface area contributed by atoms with Gasteiger partial charge in [0.1, 0.15) is 16.4 Å². The first-order chi connectivity index (χ1) is 15.0. The summed E-state index contributed by atoms with van der Waals surface area (Å²) in [5.74, 6) is 0. The molecule has 5 nitrogen and oxygen atoms in total. The Morgan fingerprint density at radius 3 is 1.62 bits per heavy atom. The van der Waals surface area contributed by atoms with Gasteiger partial charge in [0.2, 0.25) is 5.69 Å². The summed E-state index contributed by atoms with van der Waals surface area (Å²) in [6.07, 6.45) is -2.35. The third kappa shape index (κ3) is 6.60. The van der Waals surface area contributed by atoms with E-state index in [2.05, 4.69) is 0 Å². The van der Waals surface area contributed by atoms with E-state index in [9.17, 15) is 13.2 Å². The zero-order valence-electron chi connectivity index (χ0n) is 16.2. The normalized spacial score (nSPS) is 11.6. The van der Waals surface area contributed by atoms with Crippen molar-refractivity contribution < 1.29 is 46.0 Å². The summed E-state index contributed by atoms with van der Waals surface area (Å²) in [7, 11) is -4.94. The van der Waals surface area contributed by atoms with E-state index in [-0.39, 0.29) is 0 Å². The van der Waals surface area contributed by atoms with Crippen LogP contribution in [0.25, 0.3) is 27.3 Å². The lowest BCUT2D eigenvalue weighted by molar-refractivity contribution is -2.00. The molecule has 0 bridgehead atoms. The van der Waals surface area contributed by atoms with Gasteiger partial charge in [0.25, 0.3) is 0 Å². The number of halogens is 4. The molecule has 3 aromatic carbocycles. The highest BCUT2D eigenvalue weighted by molar-refractivity contribution is 7.06. The molecule has 0 atom stereocenters. The molecule has 1 aromatic heterocycles. The van der Waals surface area contributed by atoms with Gasteiger partial charge in [-0.2, -0.15) is 13.2 Å². The zero-order chi connectivity index (χ0) is 23.4. The van der Waals surface area contributed by atoms with Crippen LogP contribution in [-0.4, -0.2) is 0 Å². The highest BCUT2D eigenvalue weighted by atomic mass is 35.7. The lowest BCUT2D eigenvalue weighted by atomic mass is 10.0.